The Hall–Kier alpha value is -2.09. The molecule has 108 valence electrons. The Bertz CT molecular complexity index is 690. The van der Waals surface area contributed by atoms with Gasteiger partial charge < -0.3 is 4.90 Å². The van der Waals surface area contributed by atoms with E-state index in [2.05, 4.69) is 29.2 Å². The van der Waals surface area contributed by atoms with Crippen LogP contribution in [0.5, 0.6) is 0 Å². The van der Waals surface area contributed by atoms with E-state index in [1.54, 1.807) is 0 Å². The Labute approximate surface area is 126 Å². The third-order valence-corrected chi connectivity index (χ3v) is 4.43. The van der Waals surface area contributed by atoms with Gasteiger partial charge in [0.15, 0.2) is 5.78 Å². The van der Waals surface area contributed by atoms with Crippen molar-refractivity contribution in [1.82, 2.24) is 0 Å². The number of carbonyl (C=O) groups is 1. The number of carbonyl (C=O) groups excluding carboxylic acids is 1. The van der Waals surface area contributed by atoms with Crippen LogP contribution in [0.1, 0.15) is 34.0 Å². The fourth-order valence-electron chi connectivity index (χ4n) is 3.13. The van der Waals surface area contributed by atoms with Gasteiger partial charge >= 0.3 is 0 Å². The van der Waals surface area contributed by atoms with Crippen molar-refractivity contribution in [2.24, 2.45) is 0 Å². The number of fused-ring (bicyclic) bond motifs is 1. The summed E-state index contributed by atoms with van der Waals surface area (Å²) in [5, 5.41) is 0. The average Bonchev–Trinajstić information content (AvgIpc) is 2.92. The van der Waals surface area contributed by atoms with Crippen molar-refractivity contribution in [3.05, 3.63) is 64.7 Å². The van der Waals surface area contributed by atoms with E-state index in [1.165, 1.54) is 11.3 Å². The lowest BCUT2D eigenvalue weighted by molar-refractivity contribution is 0.0964. The SMILES string of the molecule is Cc1ccc(C)c(C(=O)C(C)N2CCc3ccccc32)c1. The van der Waals surface area contributed by atoms with Crippen LogP contribution in [0.25, 0.3) is 0 Å². The average molecular weight is 279 g/mol. The molecule has 3 rings (SSSR count). The summed E-state index contributed by atoms with van der Waals surface area (Å²) < 4.78 is 0. The number of aryl methyl sites for hydroxylation is 2. The number of rotatable bonds is 3. The number of hydrogen-bond acceptors (Lipinski definition) is 2. The molecule has 2 nitrogen and oxygen atoms in total. The third kappa shape index (κ3) is 2.46. The Balaban J connectivity index is 1.91. The van der Waals surface area contributed by atoms with Gasteiger partial charge in [0, 0.05) is 17.8 Å². The van der Waals surface area contributed by atoms with Gasteiger partial charge in [-0.3, -0.25) is 4.79 Å². The summed E-state index contributed by atoms with van der Waals surface area (Å²) in [4.78, 5) is 15.1. The molecule has 0 aliphatic carbocycles. The first-order chi connectivity index (χ1) is 10.1. The molecule has 0 N–H and O–H groups in total. The summed E-state index contributed by atoms with van der Waals surface area (Å²) in [5.74, 6) is 0.216. The number of anilines is 1. The molecule has 1 atom stereocenters. The van der Waals surface area contributed by atoms with Crippen LogP contribution in [-0.4, -0.2) is 18.4 Å². The van der Waals surface area contributed by atoms with E-state index in [0.29, 0.717) is 0 Å². The summed E-state index contributed by atoms with van der Waals surface area (Å²) in [6, 6.07) is 14.4. The van der Waals surface area contributed by atoms with Crippen LogP contribution >= 0.6 is 0 Å². The first-order valence-corrected chi connectivity index (χ1v) is 7.54. The highest BCUT2D eigenvalue weighted by Crippen LogP contribution is 2.30. The molecule has 0 spiro atoms. The predicted molar refractivity (Wildman–Crippen MR) is 87.2 cm³/mol. The molecular formula is C19H21NO. The van der Waals surface area contributed by atoms with E-state index in [1.807, 2.05) is 39.0 Å². The fraction of sp³-hybridized carbons (Fsp3) is 0.316. The Morgan fingerprint density at radius 3 is 2.71 bits per heavy atom. The molecule has 21 heavy (non-hydrogen) atoms. The highest BCUT2D eigenvalue weighted by molar-refractivity contribution is 6.03. The number of hydrogen-bond donors (Lipinski definition) is 0. The molecule has 0 saturated heterocycles. The van der Waals surface area contributed by atoms with Crippen molar-refractivity contribution < 1.29 is 4.79 Å². The Morgan fingerprint density at radius 1 is 1.14 bits per heavy atom. The summed E-state index contributed by atoms with van der Waals surface area (Å²) >= 11 is 0. The minimum atomic E-state index is -0.117. The van der Waals surface area contributed by atoms with Crippen LogP contribution < -0.4 is 4.90 Å². The molecule has 0 amide bonds. The van der Waals surface area contributed by atoms with Crippen LogP contribution in [0.15, 0.2) is 42.5 Å². The monoisotopic (exact) mass is 279 g/mol. The van der Waals surface area contributed by atoms with Gasteiger partial charge in [0.1, 0.15) is 0 Å². The Kier molecular flexibility index (Phi) is 3.54. The molecule has 0 bridgehead atoms. The van der Waals surface area contributed by atoms with Crippen LogP contribution in [0.3, 0.4) is 0 Å². The van der Waals surface area contributed by atoms with Gasteiger partial charge in [-0.1, -0.05) is 35.9 Å². The third-order valence-electron chi connectivity index (χ3n) is 4.43. The topological polar surface area (TPSA) is 20.3 Å². The van der Waals surface area contributed by atoms with Gasteiger partial charge in [-0.2, -0.15) is 0 Å². The lowest BCUT2D eigenvalue weighted by Crippen LogP contribution is -2.38. The number of benzene rings is 2. The zero-order chi connectivity index (χ0) is 15.0. The minimum Gasteiger partial charge on any atom is -0.361 e. The first kappa shape index (κ1) is 13.9. The van der Waals surface area contributed by atoms with Crippen LogP contribution in [0.2, 0.25) is 0 Å². The standard InChI is InChI=1S/C19H21NO/c1-13-8-9-14(2)17(12-13)19(21)15(3)20-11-10-16-6-4-5-7-18(16)20/h4-9,12,15H,10-11H2,1-3H3. The summed E-state index contributed by atoms with van der Waals surface area (Å²) in [5.41, 5.74) is 5.61. The fourth-order valence-corrected chi connectivity index (χ4v) is 3.13. The van der Waals surface area contributed by atoms with E-state index in [0.717, 1.165) is 29.7 Å². The second-order valence-electron chi connectivity index (χ2n) is 5.93. The second-order valence-corrected chi connectivity index (χ2v) is 5.93. The highest BCUT2D eigenvalue weighted by atomic mass is 16.1. The summed E-state index contributed by atoms with van der Waals surface area (Å²) in [7, 11) is 0. The van der Waals surface area contributed by atoms with Crippen molar-refractivity contribution >= 4 is 11.5 Å². The van der Waals surface area contributed by atoms with Crippen molar-refractivity contribution in [2.45, 2.75) is 33.2 Å². The largest absolute Gasteiger partial charge is 0.361 e. The van der Waals surface area contributed by atoms with Gasteiger partial charge in [-0.25, -0.2) is 0 Å². The smallest absolute Gasteiger partial charge is 0.185 e. The molecule has 0 fully saturated rings. The molecule has 1 aliphatic rings. The molecule has 0 aromatic heterocycles. The van der Waals surface area contributed by atoms with Gasteiger partial charge in [-0.05, 0) is 50.5 Å². The predicted octanol–water partition coefficient (Wildman–Crippen LogP) is 3.94. The first-order valence-electron chi connectivity index (χ1n) is 7.54. The number of Topliss-reactive ketones (excluding diaryl/α,β-unsaturated/α-hetero) is 1. The molecule has 2 aromatic carbocycles. The molecule has 1 aliphatic heterocycles. The lowest BCUT2D eigenvalue weighted by atomic mass is 9.97. The van der Waals surface area contributed by atoms with Crippen molar-refractivity contribution in [3.8, 4) is 0 Å². The maximum atomic E-state index is 12.9. The maximum absolute atomic E-state index is 12.9. The van der Waals surface area contributed by atoms with Crippen LogP contribution in [-0.2, 0) is 6.42 Å². The van der Waals surface area contributed by atoms with E-state index in [-0.39, 0.29) is 11.8 Å². The van der Waals surface area contributed by atoms with Crippen LogP contribution in [0.4, 0.5) is 5.69 Å². The normalized spacial score (nSPS) is 14.9. The van der Waals surface area contributed by atoms with E-state index >= 15 is 0 Å². The molecular weight excluding hydrogens is 258 g/mol. The van der Waals surface area contributed by atoms with Gasteiger partial charge in [0.05, 0.1) is 6.04 Å². The Morgan fingerprint density at radius 2 is 1.90 bits per heavy atom. The molecule has 1 heterocycles. The molecule has 0 radical (unpaired) electrons. The zero-order valence-corrected chi connectivity index (χ0v) is 12.9. The lowest BCUT2D eigenvalue weighted by Gasteiger charge is -2.26. The van der Waals surface area contributed by atoms with E-state index in [4.69, 9.17) is 0 Å². The van der Waals surface area contributed by atoms with Crippen molar-refractivity contribution in [3.63, 3.8) is 0 Å². The number of para-hydroxylation sites is 1. The highest BCUT2D eigenvalue weighted by Gasteiger charge is 2.28. The van der Waals surface area contributed by atoms with E-state index < -0.39 is 0 Å². The van der Waals surface area contributed by atoms with Gasteiger partial charge in [0.2, 0.25) is 0 Å². The van der Waals surface area contributed by atoms with Crippen molar-refractivity contribution in [2.75, 3.05) is 11.4 Å². The van der Waals surface area contributed by atoms with Gasteiger partial charge in [-0.15, -0.1) is 0 Å². The quantitative estimate of drug-likeness (QED) is 0.793. The summed E-state index contributed by atoms with van der Waals surface area (Å²) in [6.07, 6.45) is 1.03. The van der Waals surface area contributed by atoms with Gasteiger partial charge in [0.25, 0.3) is 0 Å². The molecule has 0 saturated carbocycles. The molecule has 2 heteroatoms. The number of nitrogens with zero attached hydrogens (tertiary/aromatic N) is 1. The van der Waals surface area contributed by atoms with Crippen LogP contribution in [0, 0.1) is 13.8 Å². The molecule has 1 unspecified atom stereocenters. The minimum absolute atomic E-state index is 0.117. The van der Waals surface area contributed by atoms with Crippen molar-refractivity contribution in [1.29, 1.82) is 0 Å². The maximum Gasteiger partial charge on any atom is 0.185 e. The summed E-state index contributed by atoms with van der Waals surface area (Å²) in [6.45, 7) is 6.99. The number of ketones is 1. The zero-order valence-electron chi connectivity index (χ0n) is 12.9. The molecule has 2 aromatic rings. The second kappa shape index (κ2) is 5.36. The van der Waals surface area contributed by atoms with E-state index in [9.17, 15) is 4.79 Å².